The third kappa shape index (κ3) is 10.1. The van der Waals surface area contributed by atoms with Gasteiger partial charge in [0.2, 0.25) is 0 Å². The van der Waals surface area contributed by atoms with Gasteiger partial charge in [0, 0.05) is 11.2 Å². The molecule has 3 aromatic rings. The van der Waals surface area contributed by atoms with Gasteiger partial charge in [-0.1, -0.05) is 119 Å². The normalized spacial score (nSPS) is 12.7. The molecule has 0 fully saturated rings. The third-order valence-electron chi connectivity index (χ3n) is 7.36. The number of nitrogens with one attached hydrogen (secondary N) is 1. The van der Waals surface area contributed by atoms with Gasteiger partial charge in [-0.3, -0.25) is 0 Å². The number of anilines is 1. The number of benzene rings is 3. The van der Waals surface area contributed by atoms with Crippen molar-refractivity contribution < 1.29 is 4.74 Å². The molecule has 3 aromatic carbocycles. The van der Waals surface area contributed by atoms with E-state index in [9.17, 15) is 0 Å². The highest BCUT2D eigenvalue weighted by molar-refractivity contribution is 5.46. The monoisotopic (exact) mass is 485 g/mol. The minimum absolute atomic E-state index is 0.0530. The lowest BCUT2D eigenvalue weighted by Crippen LogP contribution is -2.41. The molecule has 0 saturated carbocycles. The Hall–Kier alpha value is -2.74. The van der Waals surface area contributed by atoms with Crippen LogP contribution in [0.5, 0.6) is 5.75 Å². The molecule has 194 valence electrons. The summed E-state index contributed by atoms with van der Waals surface area (Å²) in [6.45, 7) is 2.29. The molecule has 0 aliphatic heterocycles. The number of unbranched alkanes of at least 4 members (excludes halogenated alkanes) is 7. The number of rotatable bonds is 18. The summed E-state index contributed by atoms with van der Waals surface area (Å²) < 4.78 is 5.34. The summed E-state index contributed by atoms with van der Waals surface area (Å²) in [5, 5.41) is 4.04. The van der Waals surface area contributed by atoms with Crippen molar-refractivity contribution in [3.63, 3.8) is 0 Å². The summed E-state index contributed by atoms with van der Waals surface area (Å²) in [7, 11) is 1.73. The van der Waals surface area contributed by atoms with Crippen LogP contribution in [0.25, 0.3) is 0 Å². The first-order valence-corrected chi connectivity index (χ1v) is 14.2. The molecule has 0 amide bonds. The Balaban J connectivity index is 1.69. The molecule has 36 heavy (non-hydrogen) atoms. The van der Waals surface area contributed by atoms with Gasteiger partial charge in [-0.25, -0.2) is 0 Å². The maximum absolute atomic E-state index is 5.34. The van der Waals surface area contributed by atoms with E-state index in [-0.39, 0.29) is 5.54 Å². The molecule has 0 spiro atoms. The molecule has 2 heteroatoms. The Morgan fingerprint density at radius 3 is 1.83 bits per heavy atom. The maximum Gasteiger partial charge on any atom is 0.118 e. The molecule has 1 atom stereocenters. The fourth-order valence-electron chi connectivity index (χ4n) is 5.31. The predicted octanol–water partition coefficient (Wildman–Crippen LogP) is 9.64. The highest BCUT2D eigenvalue weighted by Crippen LogP contribution is 2.31. The van der Waals surface area contributed by atoms with Gasteiger partial charge in [0.25, 0.3) is 0 Å². The number of aryl methyl sites for hydroxylation is 1. The summed E-state index contributed by atoms with van der Waals surface area (Å²) >= 11 is 0. The maximum atomic E-state index is 5.34. The van der Waals surface area contributed by atoms with Crippen molar-refractivity contribution in [2.45, 2.75) is 95.9 Å². The fourth-order valence-corrected chi connectivity index (χ4v) is 5.31. The quantitative estimate of drug-likeness (QED) is 0.181. The van der Waals surface area contributed by atoms with E-state index in [1.165, 1.54) is 74.6 Å². The topological polar surface area (TPSA) is 21.3 Å². The van der Waals surface area contributed by atoms with Crippen molar-refractivity contribution >= 4 is 5.69 Å². The van der Waals surface area contributed by atoms with Crippen molar-refractivity contribution in [1.29, 1.82) is 0 Å². The van der Waals surface area contributed by atoms with E-state index in [1.807, 2.05) is 0 Å². The van der Waals surface area contributed by atoms with Crippen molar-refractivity contribution in [3.05, 3.63) is 96.1 Å². The van der Waals surface area contributed by atoms with E-state index < -0.39 is 0 Å². The Labute approximate surface area is 220 Å². The van der Waals surface area contributed by atoms with Crippen molar-refractivity contribution in [1.82, 2.24) is 0 Å². The highest BCUT2D eigenvalue weighted by atomic mass is 16.5. The first-order valence-electron chi connectivity index (χ1n) is 14.2. The van der Waals surface area contributed by atoms with Gasteiger partial charge >= 0.3 is 0 Å². The molecule has 0 aliphatic carbocycles. The van der Waals surface area contributed by atoms with Crippen molar-refractivity contribution in [2.75, 3.05) is 12.4 Å². The van der Waals surface area contributed by atoms with E-state index in [0.717, 1.165) is 31.4 Å². The Morgan fingerprint density at radius 1 is 0.611 bits per heavy atom. The number of hydrogen-bond donors (Lipinski definition) is 1. The van der Waals surface area contributed by atoms with Gasteiger partial charge in [0.1, 0.15) is 5.75 Å². The van der Waals surface area contributed by atoms with Crippen LogP contribution in [0.2, 0.25) is 0 Å². The second-order valence-corrected chi connectivity index (χ2v) is 10.4. The van der Waals surface area contributed by atoms with E-state index in [0.29, 0.717) is 0 Å². The lowest BCUT2D eigenvalue weighted by atomic mass is 9.80. The minimum atomic E-state index is 0.0530. The molecule has 0 radical (unpaired) electrons. The van der Waals surface area contributed by atoms with Crippen LogP contribution < -0.4 is 10.1 Å². The molecule has 3 rings (SSSR count). The van der Waals surface area contributed by atoms with Gasteiger partial charge < -0.3 is 10.1 Å². The van der Waals surface area contributed by atoms with E-state index in [2.05, 4.69) is 97.2 Å². The molecular weight excluding hydrogens is 438 g/mol. The molecule has 0 aromatic heterocycles. The minimum Gasteiger partial charge on any atom is -0.497 e. The van der Waals surface area contributed by atoms with Crippen LogP contribution >= 0.6 is 0 Å². The van der Waals surface area contributed by atoms with E-state index in [1.54, 1.807) is 7.11 Å². The summed E-state index contributed by atoms with van der Waals surface area (Å²) in [5.74, 6) is 0.928. The van der Waals surface area contributed by atoms with Crippen LogP contribution in [-0.2, 0) is 12.8 Å². The van der Waals surface area contributed by atoms with Gasteiger partial charge in [0.15, 0.2) is 0 Å². The number of methoxy groups -OCH3 is 1. The summed E-state index contributed by atoms with van der Waals surface area (Å²) in [6, 6.07) is 30.5. The van der Waals surface area contributed by atoms with Gasteiger partial charge in [-0.15, -0.1) is 0 Å². The standard InChI is InChI=1S/C34H47NO/c1-3-4-5-6-7-8-9-16-27-34(29-31-18-12-10-13-19-31,35-32-21-14-11-15-22-32)28-17-20-30-23-25-33(36-2)26-24-30/h10-15,18-19,21-26,35H,3-9,16-17,20,27-29H2,1-2H3. The fraction of sp³-hybridized carbons (Fsp3) is 0.471. The number of hydrogen-bond acceptors (Lipinski definition) is 2. The largest absolute Gasteiger partial charge is 0.497 e. The average molecular weight is 486 g/mol. The molecule has 0 saturated heterocycles. The zero-order valence-corrected chi connectivity index (χ0v) is 22.7. The average Bonchev–Trinajstić information content (AvgIpc) is 2.92. The lowest BCUT2D eigenvalue weighted by molar-refractivity contribution is 0.368. The molecule has 1 unspecified atom stereocenters. The summed E-state index contributed by atoms with van der Waals surface area (Å²) in [4.78, 5) is 0. The van der Waals surface area contributed by atoms with Crippen molar-refractivity contribution in [2.24, 2.45) is 0 Å². The molecular formula is C34H47NO. The zero-order valence-electron chi connectivity index (χ0n) is 22.7. The van der Waals surface area contributed by atoms with Gasteiger partial charge in [0.05, 0.1) is 7.11 Å². The summed E-state index contributed by atoms with van der Waals surface area (Å²) in [5.41, 5.74) is 4.09. The smallest absolute Gasteiger partial charge is 0.118 e. The van der Waals surface area contributed by atoms with E-state index in [4.69, 9.17) is 4.74 Å². The number of ether oxygens (including phenoxy) is 1. The molecule has 2 nitrogen and oxygen atoms in total. The van der Waals surface area contributed by atoms with E-state index >= 15 is 0 Å². The SMILES string of the molecule is CCCCCCCCCCC(CCCc1ccc(OC)cc1)(Cc1ccccc1)Nc1ccccc1. The summed E-state index contributed by atoms with van der Waals surface area (Å²) in [6.07, 6.45) is 16.5. The van der Waals surface area contributed by atoms with Crippen LogP contribution in [-0.4, -0.2) is 12.6 Å². The molecule has 0 heterocycles. The zero-order chi connectivity index (χ0) is 25.3. The number of para-hydroxylation sites is 1. The first kappa shape index (κ1) is 27.8. The van der Waals surface area contributed by atoms with Gasteiger partial charge in [-0.05, 0) is 67.5 Å². The van der Waals surface area contributed by atoms with Crippen LogP contribution in [0.3, 0.4) is 0 Å². The van der Waals surface area contributed by atoms with Crippen LogP contribution in [0.1, 0.15) is 88.7 Å². The Morgan fingerprint density at radius 2 is 1.19 bits per heavy atom. The van der Waals surface area contributed by atoms with Crippen LogP contribution in [0, 0.1) is 0 Å². The molecule has 1 N–H and O–H groups in total. The van der Waals surface area contributed by atoms with Crippen LogP contribution in [0.4, 0.5) is 5.69 Å². The van der Waals surface area contributed by atoms with Crippen molar-refractivity contribution in [3.8, 4) is 5.75 Å². The molecule has 0 bridgehead atoms. The molecule has 0 aliphatic rings. The van der Waals surface area contributed by atoms with Gasteiger partial charge in [-0.2, -0.15) is 0 Å². The predicted molar refractivity (Wildman–Crippen MR) is 156 cm³/mol. The Bertz CT molecular complexity index is 894. The lowest BCUT2D eigenvalue weighted by Gasteiger charge is -2.37. The second kappa shape index (κ2) is 16.1. The first-order chi connectivity index (χ1) is 17.7. The third-order valence-corrected chi connectivity index (χ3v) is 7.36. The second-order valence-electron chi connectivity index (χ2n) is 10.4. The Kier molecular flexibility index (Phi) is 12.4. The highest BCUT2D eigenvalue weighted by Gasteiger charge is 2.29. The van der Waals surface area contributed by atoms with Crippen LogP contribution in [0.15, 0.2) is 84.9 Å².